The van der Waals surface area contributed by atoms with Gasteiger partial charge in [-0.05, 0) is 25.1 Å². The highest BCUT2D eigenvalue weighted by molar-refractivity contribution is 7.99. The Morgan fingerprint density at radius 3 is 3.05 bits per heavy atom. The molecular formula is C12H15N3O3S. The van der Waals surface area contributed by atoms with Crippen LogP contribution in [0.3, 0.4) is 0 Å². The van der Waals surface area contributed by atoms with Crippen LogP contribution < -0.4 is 5.73 Å². The lowest BCUT2D eigenvalue weighted by Gasteiger charge is -2.18. The van der Waals surface area contributed by atoms with E-state index in [1.807, 2.05) is 6.07 Å². The Morgan fingerprint density at radius 2 is 2.37 bits per heavy atom. The van der Waals surface area contributed by atoms with Crippen LogP contribution in [0, 0.1) is 0 Å². The minimum absolute atomic E-state index is 0.148. The van der Waals surface area contributed by atoms with Crippen molar-refractivity contribution >= 4 is 34.5 Å². The smallest absolute Gasteiger partial charge is 0.338 e. The second kappa shape index (κ2) is 5.10. The van der Waals surface area contributed by atoms with Crippen LogP contribution in [0.5, 0.6) is 0 Å². The van der Waals surface area contributed by atoms with Crippen LogP contribution in [0.15, 0.2) is 23.4 Å². The minimum Gasteiger partial charge on any atom is -0.467 e. The zero-order valence-electron chi connectivity index (χ0n) is 10.6. The summed E-state index contributed by atoms with van der Waals surface area (Å²) in [6.07, 6.45) is 0. The van der Waals surface area contributed by atoms with Gasteiger partial charge in [0.25, 0.3) is 0 Å². The van der Waals surface area contributed by atoms with Crippen molar-refractivity contribution in [2.24, 2.45) is 0 Å². The first-order valence-electron chi connectivity index (χ1n) is 5.61. The van der Waals surface area contributed by atoms with E-state index in [0.29, 0.717) is 10.8 Å². The number of thioether (sulfide) groups is 1. The van der Waals surface area contributed by atoms with Crippen molar-refractivity contribution in [1.82, 2.24) is 9.97 Å². The number of methoxy groups -OCH3 is 1. The number of carbonyl (C=O) groups excluding carboxylic acids is 1. The topological polar surface area (TPSA) is 101 Å². The Morgan fingerprint density at radius 1 is 1.63 bits per heavy atom. The van der Waals surface area contributed by atoms with Gasteiger partial charge >= 0.3 is 5.97 Å². The Labute approximate surface area is 114 Å². The Bertz CT molecular complexity index is 609. The molecule has 6 nitrogen and oxygen atoms in total. The molecule has 1 aromatic carbocycles. The molecule has 0 aliphatic heterocycles. The first kappa shape index (κ1) is 13.7. The fourth-order valence-electron chi connectivity index (χ4n) is 1.56. The van der Waals surface area contributed by atoms with Crippen LogP contribution in [0.2, 0.25) is 0 Å². The molecule has 0 aliphatic rings. The van der Waals surface area contributed by atoms with Crippen LogP contribution in [0.25, 0.3) is 11.0 Å². The molecule has 2 rings (SSSR count). The number of nitrogen functional groups attached to an aromatic ring is 1. The number of hydrogen-bond donors (Lipinski definition) is 3. The number of hydrogen-bond acceptors (Lipinski definition) is 6. The summed E-state index contributed by atoms with van der Waals surface area (Å²) >= 11 is 1.24. The molecule has 1 unspecified atom stereocenters. The molecule has 1 heterocycles. The van der Waals surface area contributed by atoms with E-state index in [0.717, 1.165) is 11.0 Å². The summed E-state index contributed by atoms with van der Waals surface area (Å²) < 4.78 is 4.53. The van der Waals surface area contributed by atoms with Crippen molar-refractivity contribution in [2.45, 2.75) is 17.7 Å². The van der Waals surface area contributed by atoms with Crippen molar-refractivity contribution in [2.75, 3.05) is 18.6 Å². The number of anilines is 1. The molecule has 7 heteroatoms. The fourth-order valence-corrected chi connectivity index (χ4v) is 2.44. The predicted octanol–water partition coefficient (Wildman–Crippen LogP) is 1.16. The van der Waals surface area contributed by atoms with E-state index in [2.05, 4.69) is 14.7 Å². The fraction of sp³-hybridized carbons (Fsp3) is 0.333. The first-order valence-corrected chi connectivity index (χ1v) is 6.60. The van der Waals surface area contributed by atoms with Gasteiger partial charge < -0.3 is 20.6 Å². The molecule has 19 heavy (non-hydrogen) atoms. The zero-order chi connectivity index (χ0) is 14.0. The average Bonchev–Trinajstić information content (AvgIpc) is 2.77. The average molecular weight is 281 g/mol. The van der Waals surface area contributed by atoms with Crippen LogP contribution in [-0.2, 0) is 9.53 Å². The molecule has 0 bridgehead atoms. The maximum atomic E-state index is 11.3. The monoisotopic (exact) mass is 281 g/mol. The van der Waals surface area contributed by atoms with E-state index in [9.17, 15) is 9.90 Å². The van der Waals surface area contributed by atoms with Crippen molar-refractivity contribution in [1.29, 1.82) is 0 Å². The highest BCUT2D eigenvalue weighted by atomic mass is 32.2. The summed E-state index contributed by atoms with van der Waals surface area (Å²) in [6, 6.07) is 5.36. The van der Waals surface area contributed by atoms with E-state index >= 15 is 0 Å². The Hall–Kier alpha value is -1.73. The summed E-state index contributed by atoms with van der Waals surface area (Å²) in [4.78, 5) is 18.7. The Balaban J connectivity index is 2.12. The molecule has 0 aliphatic carbocycles. The van der Waals surface area contributed by atoms with Gasteiger partial charge in [0.2, 0.25) is 0 Å². The lowest BCUT2D eigenvalue weighted by molar-refractivity contribution is -0.158. The molecule has 2 aromatic rings. The summed E-state index contributed by atoms with van der Waals surface area (Å²) in [7, 11) is 1.24. The van der Waals surface area contributed by atoms with E-state index in [4.69, 9.17) is 5.73 Å². The summed E-state index contributed by atoms with van der Waals surface area (Å²) in [5.74, 6) is -0.519. The maximum absolute atomic E-state index is 11.3. The third-order valence-electron chi connectivity index (χ3n) is 2.60. The summed E-state index contributed by atoms with van der Waals surface area (Å²) in [6.45, 7) is 1.41. The largest absolute Gasteiger partial charge is 0.467 e. The van der Waals surface area contributed by atoms with Crippen molar-refractivity contribution < 1.29 is 14.6 Å². The number of carbonyl (C=O) groups is 1. The van der Waals surface area contributed by atoms with Crippen LogP contribution in [-0.4, -0.2) is 39.5 Å². The number of rotatable bonds is 4. The third-order valence-corrected chi connectivity index (χ3v) is 3.77. The molecule has 0 fully saturated rings. The number of H-pyrrole nitrogens is 1. The summed E-state index contributed by atoms with van der Waals surface area (Å²) in [5, 5.41) is 10.5. The lowest BCUT2D eigenvalue weighted by atomic mass is 10.1. The van der Waals surface area contributed by atoms with Crippen LogP contribution in [0.1, 0.15) is 6.92 Å². The molecule has 0 radical (unpaired) electrons. The number of nitrogens with zero attached hydrogens (tertiary/aromatic N) is 1. The SMILES string of the molecule is COC(=O)C(C)(O)CSc1nc2ccc(N)cc2[nH]1. The second-order valence-corrected chi connectivity index (χ2v) is 5.34. The number of benzene rings is 1. The van der Waals surface area contributed by atoms with Gasteiger partial charge in [0.1, 0.15) is 0 Å². The molecule has 1 aromatic heterocycles. The van der Waals surface area contributed by atoms with Crippen molar-refractivity contribution in [3.63, 3.8) is 0 Å². The molecule has 102 valence electrons. The molecule has 4 N–H and O–H groups in total. The molecule has 0 saturated heterocycles. The lowest BCUT2D eigenvalue weighted by Crippen LogP contribution is -2.38. The van der Waals surface area contributed by atoms with Crippen molar-refractivity contribution in [3.8, 4) is 0 Å². The highest BCUT2D eigenvalue weighted by Crippen LogP contribution is 2.24. The number of nitrogens with one attached hydrogen (secondary N) is 1. The molecular weight excluding hydrogens is 266 g/mol. The van der Waals surface area contributed by atoms with Crippen LogP contribution in [0.4, 0.5) is 5.69 Å². The zero-order valence-corrected chi connectivity index (χ0v) is 11.5. The van der Waals surface area contributed by atoms with E-state index < -0.39 is 11.6 Å². The minimum atomic E-state index is -1.54. The second-order valence-electron chi connectivity index (χ2n) is 4.37. The van der Waals surface area contributed by atoms with E-state index in [1.54, 1.807) is 12.1 Å². The number of ether oxygens (including phenoxy) is 1. The van der Waals surface area contributed by atoms with E-state index in [-0.39, 0.29) is 5.75 Å². The first-order chi connectivity index (χ1) is 8.92. The van der Waals surface area contributed by atoms with Gasteiger partial charge in [0.15, 0.2) is 10.8 Å². The molecule has 0 amide bonds. The number of nitrogens with two attached hydrogens (primary N) is 1. The normalized spacial score (nSPS) is 14.3. The van der Waals surface area contributed by atoms with Crippen molar-refractivity contribution in [3.05, 3.63) is 18.2 Å². The van der Waals surface area contributed by atoms with Gasteiger partial charge in [-0.15, -0.1) is 0 Å². The van der Waals surface area contributed by atoms with Gasteiger partial charge in [-0.3, -0.25) is 0 Å². The summed E-state index contributed by atoms with van der Waals surface area (Å²) in [5.41, 5.74) is 6.39. The maximum Gasteiger partial charge on any atom is 0.338 e. The van der Waals surface area contributed by atoms with Gasteiger partial charge in [-0.2, -0.15) is 0 Å². The van der Waals surface area contributed by atoms with Gasteiger partial charge in [0, 0.05) is 11.4 Å². The third kappa shape index (κ3) is 2.99. The quantitative estimate of drug-likeness (QED) is 0.441. The number of esters is 1. The van der Waals surface area contributed by atoms with Gasteiger partial charge in [0.05, 0.1) is 18.1 Å². The number of aromatic amines is 1. The van der Waals surface area contributed by atoms with E-state index in [1.165, 1.54) is 25.8 Å². The standard InChI is InChI=1S/C12H15N3O3S/c1-12(17,10(16)18-2)6-19-11-14-8-4-3-7(13)5-9(8)15-11/h3-5,17H,6,13H2,1-2H3,(H,14,15). The molecule has 0 spiro atoms. The van der Waals surface area contributed by atoms with Gasteiger partial charge in [-0.1, -0.05) is 11.8 Å². The highest BCUT2D eigenvalue weighted by Gasteiger charge is 2.31. The number of aromatic nitrogens is 2. The molecule has 1 atom stereocenters. The number of fused-ring (bicyclic) bond motifs is 1. The predicted molar refractivity (Wildman–Crippen MR) is 73.9 cm³/mol. The number of imidazole rings is 1. The number of aliphatic hydroxyl groups is 1. The Kier molecular flexibility index (Phi) is 3.68. The molecule has 0 saturated carbocycles. The van der Waals surface area contributed by atoms with Gasteiger partial charge in [-0.25, -0.2) is 9.78 Å². The van der Waals surface area contributed by atoms with Crippen LogP contribution >= 0.6 is 11.8 Å².